The van der Waals surface area contributed by atoms with Gasteiger partial charge in [-0.1, -0.05) is 77.2 Å². The molecule has 3 rings (SSSR count). The van der Waals surface area contributed by atoms with Gasteiger partial charge in [-0.05, 0) is 49.9 Å². The monoisotopic (exact) mass is 516 g/mol. The van der Waals surface area contributed by atoms with Crippen LogP contribution >= 0.6 is 27.7 Å². The number of thioether (sulfide) groups is 1. The van der Waals surface area contributed by atoms with Crippen molar-refractivity contribution in [2.45, 2.75) is 70.3 Å². The zero-order chi connectivity index (χ0) is 22.9. The van der Waals surface area contributed by atoms with E-state index in [0.29, 0.717) is 12.3 Å². The average Bonchev–Trinajstić information content (AvgIpc) is 2.79. The number of carbonyl (C=O) groups is 2. The first kappa shape index (κ1) is 24.8. The van der Waals surface area contributed by atoms with Gasteiger partial charge in [-0.25, -0.2) is 0 Å². The second-order valence-electron chi connectivity index (χ2n) is 8.65. The predicted octanol–water partition coefficient (Wildman–Crippen LogP) is 5.86. The van der Waals surface area contributed by atoms with Crippen LogP contribution in [0.15, 0.2) is 53.0 Å². The molecule has 0 radical (unpaired) electrons. The van der Waals surface area contributed by atoms with E-state index in [1.165, 1.54) is 17.5 Å². The number of halogens is 1. The van der Waals surface area contributed by atoms with Gasteiger partial charge < -0.3 is 10.2 Å². The van der Waals surface area contributed by atoms with Crippen LogP contribution in [0.25, 0.3) is 0 Å². The van der Waals surface area contributed by atoms with E-state index in [1.807, 2.05) is 31.2 Å². The molecule has 1 atom stereocenters. The number of carbonyl (C=O) groups excluding carboxylic acids is 2. The highest BCUT2D eigenvalue weighted by Gasteiger charge is 2.28. The molecule has 1 N–H and O–H groups in total. The number of benzene rings is 2. The molecule has 0 bridgehead atoms. The molecule has 1 aliphatic rings. The Bertz CT molecular complexity index is 897. The maximum absolute atomic E-state index is 13.2. The first-order valence-corrected chi connectivity index (χ1v) is 13.3. The van der Waals surface area contributed by atoms with Gasteiger partial charge in [0.15, 0.2) is 0 Å². The lowest BCUT2D eigenvalue weighted by Gasteiger charge is -2.31. The zero-order valence-electron chi connectivity index (χ0n) is 19.0. The average molecular weight is 518 g/mol. The van der Waals surface area contributed by atoms with Crippen molar-refractivity contribution in [2.75, 3.05) is 5.75 Å². The Morgan fingerprint density at radius 3 is 2.50 bits per heavy atom. The largest absolute Gasteiger partial charge is 0.352 e. The van der Waals surface area contributed by atoms with Crippen LogP contribution in [0.3, 0.4) is 0 Å². The summed E-state index contributed by atoms with van der Waals surface area (Å²) in [6, 6.07) is 16.0. The van der Waals surface area contributed by atoms with Gasteiger partial charge in [-0.15, -0.1) is 11.8 Å². The van der Waals surface area contributed by atoms with Crippen LogP contribution in [0.4, 0.5) is 0 Å². The van der Waals surface area contributed by atoms with Crippen molar-refractivity contribution >= 4 is 39.5 Å². The highest BCUT2D eigenvalue weighted by Crippen LogP contribution is 2.20. The van der Waals surface area contributed by atoms with Crippen LogP contribution in [-0.4, -0.2) is 34.6 Å². The Morgan fingerprint density at radius 2 is 1.81 bits per heavy atom. The van der Waals surface area contributed by atoms with Crippen molar-refractivity contribution in [3.8, 4) is 0 Å². The van der Waals surface area contributed by atoms with Crippen molar-refractivity contribution in [3.63, 3.8) is 0 Å². The Hall–Kier alpha value is -1.79. The third kappa shape index (κ3) is 7.66. The van der Waals surface area contributed by atoms with Crippen LogP contribution in [0.1, 0.15) is 55.7 Å². The highest BCUT2D eigenvalue weighted by molar-refractivity contribution is 9.10. The molecule has 0 spiro atoms. The summed E-state index contributed by atoms with van der Waals surface area (Å²) in [6.07, 6.45) is 5.63. The van der Waals surface area contributed by atoms with Crippen LogP contribution in [0, 0.1) is 6.92 Å². The van der Waals surface area contributed by atoms with E-state index in [2.05, 4.69) is 52.4 Å². The molecule has 0 heterocycles. The lowest BCUT2D eigenvalue weighted by Crippen LogP contribution is -2.50. The lowest BCUT2D eigenvalue weighted by molar-refractivity contribution is -0.139. The van der Waals surface area contributed by atoms with Gasteiger partial charge in [-0.3, -0.25) is 9.59 Å². The van der Waals surface area contributed by atoms with E-state index < -0.39 is 6.04 Å². The number of aryl methyl sites for hydroxylation is 1. The predicted molar refractivity (Wildman–Crippen MR) is 137 cm³/mol. The summed E-state index contributed by atoms with van der Waals surface area (Å²) in [5.74, 6) is 1.07. The number of hydrogen-bond acceptors (Lipinski definition) is 3. The second-order valence-corrected chi connectivity index (χ2v) is 10.6. The minimum absolute atomic E-state index is 0.00613. The molecule has 4 nitrogen and oxygen atoms in total. The molecule has 172 valence electrons. The van der Waals surface area contributed by atoms with Crippen molar-refractivity contribution in [1.82, 2.24) is 10.2 Å². The van der Waals surface area contributed by atoms with Gasteiger partial charge in [0, 0.05) is 22.8 Å². The summed E-state index contributed by atoms with van der Waals surface area (Å²) in [7, 11) is 0. The van der Waals surface area contributed by atoms with Gasteiger partial charge in [0.25, 0.3) is 0 Å². The molecule has 2 aromatic carbocycles. The second kappa shape index (κ2) is 12.4. The van der Waals surface area contributed by atoms with Gasteiger partial charge >= 0.3 is 0 Å². The van der Waals surface area contributed by atoms with E-state index in [0.717, 1.165) is 41.5 Å². The van der Waals surface area contributed by atoms with Crippen molar-refractivity contribution in [2.24, 2.45) is 0 Å². The zero-order valence-corrected chi connectivity index (χ0v) is 21.4. The fourth-order valence-electron chi connectivity index (χ4n) is 4.01. The summed E-state index contributed by atoms with van der Waals surface area (Å²) in [4.78, 5) is 28.0. The molecule has 1 saturated carbocycles. The third-order valence-electron chi connectivity index (χ3n) is 5.98. The molecule has 1 aliphatic carbocycles. The summed E-state index contributed by atoms with van der Waals surface area (Å²) >= 11 is 5.10. The van der Waals surface area contributed by atoms with Gasteiger partial charge in [0.05, 0.1) is 5.75 Å². The van der Waals surface area contributed by atoms with E-state index >= 15 is 0 Å². The van der Waals surface area contributed by atoms with Crippen LogP contribution in [0.2, 0.25) is 0 Å². The van der Waals surface area contributed by atoms with Crippen molar-refractivity contribution in [1.29, 1.82) is 0 Å². The molecular weight excluding hydrogens is 484 g/mol. The molecule has 6 heteroatoms. The molecule has 0 aromatic heterocycles. The summed E-state index contributed by atoms with van der Waals surface area (Å²) in [6.45, 7) is 4.33. The maximum atomic E-state index is 13.2. The van der Waals surface area contributed by atoms with E-state index in [4.69, 9.17) is 0 Å². The fourth-order valence-corrected chi connectivity index (χ4v) is 5.32. The first-order chi connectivity index (χ1) is 15.4. The number of nitrogens with one attached hydrogen (secondary N) is 1. The highest BCUT2D eigenvalue weighted by atomic mass is 79.9. The van der Waals surface area contributed by atoms with Crippen LogP contribution in [-0.2, 0) is 21.9 Å². The van der Waals surface area contributed by atoms with E-state index in [9.17, 15) is 9.59 Å². The summed E-state index contributed by atoms with van der Waals surface area (Å²) in [5, 5.41) is 3.19. The van der Waals surface area contributed by atoms with E-state index in [-0.39, 0.29) is 17.9 Å². The summed E-state index contributed by atoms with van der Waals surface area (Å²) < 4.78 is 0.968. The molecule has 0 aliphatic heterocycles. The molecule has 0 saturated heterocycles. The standard InChI is InChI=1S/C26H33BrN2O2S/c1-19-11-13-21(14-12-19)17-32-18-25(30)29(16-22-7-6-8-23(27)15-22)20(2)26(31)28-24-9-4-3-5-10-24/h6-8,11-15,20,24H,3-5,9-10,16-18H2,1-2H3,(H,28,31). The number of hydrogen-bond donors (Lipinski definition) is 1. The van der Waals surface area contributed by atoms with Gasteiger partial charge in [-0.2, -0.15) is 0 Å². The molecular formula is C26H33BrN2O2S. The molecule has 1 fully saturated rings. The fraction of sp³-hybridized carbons (Fsp3) is 0.462. The van der Waals surface area contributed by atoms with Crippen molar-refractivity contribution < 1.29 is 9.59 Å². The van der Waals surface area contributed by atoms with Gasteiger partial charge in [0.1, 0.15) is 6.04 Å². The smallest absolute Gasteiger partial charge is 0.242 e. The molecule has 1 unspecified atom stereocenters. The normalized spacial score (nSPS) is 15.2. The summed E-state index contributed by atoms with van der Waals surface area (Å²) in [5.41, 5.74) is 3.44. The molecule has 32 heavy (non-hydrogen) atoms. The molecule has 2 aromatic rings. The van der Waals surface area contributed by atoms with Crippen LogP contribution < -0.4 is 5.32 Å². The lowest BCUT2D eigenvalue weighted by atomic mass is 9.95. The van der Waals surface area contributed by atoms with Gasteiger partial charge in [0.2, 0.25) is 11.8 Å². The topological polar surface area (TPSA) is 49.4 Å². The van der Waals surface area contributed by atoms with Crippen molar-refractivity contribution in [3.05, 3.63) is 69.7 Å². The molecule has 2 amide bonds. The number of amides is 2. The Kier molecular flexibility index (Phi) is 9.67. The minimum Gasteiger partial charge on any atom is -0.352 e. The Labute approximate surface area is 204 Å². The minimum atomic E-state index is -0.511. The van der Waals surface area contributed by atoms with E-state index in [1.54, 1.807) is 16.7 Å². The maximum Gasteiger partial charge on any atom is 0.242 e. The quantitative estimate of drug-likeness (QED) is 0.454. The Morgan fingerprint density at radius 1 is 1.09 bits per heavy atom. The Balaban J connectivity index is 1.64. The van der Waals surface area contributed by atoms with Crippen LogP contribution in [0.5, 0.6) is 0 Å². The first-order valence-electron chi connectivity index (χ1n) is 11.4. The number of rotatable bonds is 9. The SMILES string of the molecule is Cc1ccc(CSCC(=O)N(Cc2cccc(Br)c2)C(C)C(=O)NC2CCCCC2)cc1. The third-order valence-corrected chi connectivity index (χ3v) is 7.46. The number of nitrogens with zero attached hydrogens (tertiary/aromatic N) is 1.